The second-order valence-electron chi connectivity index (χ2n) is 6.67. The number of carbonyl (C=O) groups excluding carboxylic acids is 1. The summed E-state index contributed by atoms with van der Waals surface area (Å²) >= 11 is 12.0. The van der Waals surface area contributed by atoms with Gasteiger partial charge in [0.15, 0.2) is 0 Å². The van der Waals surface area contributed by atoms with Crippen molar-refractivity contribution in [2.24, 2.45) is 5.92 Å². The van der Waals surface area contributed by atoms with Crippen LogP contribution in [0.3, 0.4) is 0 Å². The molecule has 0 bridgehead atoms. The fourth-order valence-electron chi connectivity index (χ4n) is 2.32. The van der Waals surface area contributed by atoms with Gasteiger partial charge in [-0.2, -0.15) is 0 Å². The van der Waals surface area contributed by atoms with Crippen molar-refractivity contribution in [2.45, 2.75) is 33.6 Å². The van der Waals surface area contributed by atoms with E-state index in [4.69, 9.17) is 23.2 Å². The smallest absolute Gasteiger partial charge is 0.253 e. The Morgan fingerprint density at radius 2 is 1.84 bits per heavy atom. The van der Waals surface area contributed by atoms with Crippen molar-refractivity contribution in [1.29, 1.82) is 0 Å². The molecule has 2 aromatic rings. The van der Waals surface area contributed by atoms with Gasteiger partial charge in [0, 0.05) is 18.4 Å². The van der Waals surface area contributed by atoms with Gasteiger partial charge in [-0.05, 0) is 41.7 Å². The molecule has 0 saturated carbocycles. The quantitative estimate of drug-likeness (QED) is 0.682. The van der Waals surface area contributed by atoms with E-state index in [0.717, 1.165) is 11.3 Å². The minimum atomic E-state index is -0.0917. The molecule has 0 aliphatic rings. The van der Waals surface area contributed by atoms with E-state index >= 15 is 0 Å². The molecule has 1 aromatic heterocycles. The van der Waals surface area contributed by atoms with Crippen molar-refractivity contribution in [3.63, 3.8) is 0 Å². The molecule has 0 fully saturated rings. The van der Waals surface area contributed by atoms with Crippen LogP contribution in [0.4, 0.5) is 11.5 Å². The third-order valence-electron chi connectivity index (χ3n) is 3.67. The molecule has 0 saturated heterocycles. The molecule has 6 heteroatoms. The van der Waals surface area contributed by atoms with Crippen LogP contribution in [-0.2, 0) is 0 Å². The lowest BCUT2D eigenvalue weighted by atomic mass is 9.98. The first-order valence-corrected chi connectivity index (χ1v) is 9.03. The minimum Gasteiger partial charge on any atom is -0.352 e. The predicted octanol–water partition coefficient (Wildman–Crippen LogP) is 5.64. The van der Waals surface area contributed by atoms with Crippen LogP contribution in [0, 0.1) is 5.92 Å². The number of hydrogen-bond acceptors (Lipinski definition) is 3. The molecule has 0 aliphatic heterocycles. The fraction of sp³-hybridized carbons (Fsp3) is 0.368. The number of nitrogens with one attached hydrogen (secondary N) is 2. The van der Waals surface area contributed by atoms with Crippen LogP contribution >= 0.6 is 23.2 Å². The SMILES string of the molecule is CC(C)CNC(=O)c1cnc(Nc2ccc(Cl)c(Cl)c2)cc1C(C)C. The van der Waals surface area contributed by atoms with E-state index in [0.29, 0.717) is 33.9 Å². The number of nitrogens with zero attached hydrogens (tertiary/aromatic N) is 1. The molecule has 1 aromatic carbocycles. The number of carbonyl (C=O) groups is 1. The third-order valence-corrected chi connectivity index (χ3v) is 4.40. The zero-order chi connectivity index (χ0) is 18.6. The van der Waals surface area contributed by atoms with E-state index in [9.17, 15) is 4.79 Å². The molecule has 2 N–H and O–H groups in total. The summed E-state index contributed by atoms with van der Waals surface area (Å²) in [6.45, 7) is 8.87. The first-order chi connectivity index (χ1) is 11.8. The lowest BCUT2D eigenvalue weighted by Gasteiger charge is -2.15. The molecule has 134 valence electrons. The van der Waals surface area contributed by atoms with Gasteiger partial charge in [-0.25, -0.2) is 4.98 Å². The standard InChI is InChI=1S/C19H23Cl2N3O/c1-11(2)9-23-19(25)15-10-22-18(8-14(15)12(3)4)24-13-5-6-16(20)17(21)7-13/h5-8,10-12H,9H2,1-4H3,(H,22,24)(H,23,25). The summed E-state index contributed by atoms with van der Waals surface area (Å²) in [6.07, 6.45) is 1.62. The maximum Gasteiger partial charge on any atom is 0.253 e. The summed E-state index contributed by atoms with van der Waals surface area (Å²) in [5.41, 5.74) is 2.34. The van der Waals surface area contributed by atoms with Crippen molar-refractivity contribution in [3.05, 3.63) is 51.6 Å². The number of aromatic nitrogens is 1. The van der Waals surface area contributed by atoms with Crippen LogP contribution in [0.15, 0.2) is 30.5 Å². The summed E-state index contributed by atoms with van der Waals surface area (Å²) in [6, 6.07) is 7.19. The fourth-order valence-corrected chi connectivity index (χ4v) is 2.62. The van der Waals surface area contributed by atoms with Gasteiger partial charge in [-0.15, -0.1) is 0 Å². The maximum atomic E-state index is 12.4. The van der Waals surface area contributed by atoms with Crippen LogP contribution in [0.5, 0.6) is 0 Å². The molecule has 0 atom stereocenters. The molecule has 25 heavy (non-hydrogen) atoms. The van der Waals surface area contributed by atoms with Crippen LogP contribution in [0.2, 0.25) is 10.0 Å². The zero-order valence-corrected chi connectivity index (χ0v) is 16.4. The number of anilines is 2. The number of amides is 1. The average Bonchev–Trinajstić information content (AvgIpc) is 2.56. The van der Waals surface area contributed by atoms with Crippen molar-refractivity contribution < 1.29 is 4.79 Å². The van der Waals surface area contributed by atoms with E-state index in [1.807, 2.05) is 12.1 Å². The number of pyridine rings is 1. The first-order valence-electron chi connectivity index (χ1n) is 8.28. The molecule has 0 radical (unpaired) electrons. The average molecular weight is 380 g/mol. The summed E-state index contributed by atoms with van der Waals surface area (Å²) < 4.78 is 0. The van der Waals surface area contributed by atoms with Crippen molar-refractivity contribution in [3.8, 4) is 0 Å². The highest BCUT2D eigenvalue weighted by Crippen LogP contribution is 2.28. The Morgan fingerprint density at radius 1 is 1.12 bits per heavy atom. The van der Waals surface area contributed by atoms with Gasteiger partial charge < -0.3 is 10.6 Å². The highest BCUT2D eigenvalue weighted by atomic mass is 35.5. The second kappa shape index (κ2) is 8.54. The number of hydrogen-bond donors (Lipinski definition) is 2. The van der Waals surface area contributed by atoms with E-state index in [1.165, 1.54) is 0 Å². The largest absolute Gasteiger partial charge is 0.352 e. The molecular formula is C19H23Cl2N3O. The molecule has 1 heterocycles. The molecule has 0 spiro atoms. The monoisotopic (exact) mass is 379 g/mol. The lowest BCUT2D eigenvalue weighted by molar-refractivity contribution is 0.0947. The molecular weight excluding hydrogens is 357 g/mol. The van der Waals surface area contributed by atoms with E-state index in [2.05, 4.69) is 43.3 Å². The van der Waals surface area contributed by atoms with E-state index in [1.54, 1.807) is 18.3 Å². The topological polar surface area (TPSA) is 54.0 Å². The van der Waals surface area contributed by atoms with Gasteiger partial charge in [-0.1, -0.05) is 50.9 Å². The Kier molecular flexibility index (Phi) is 6.68. The van der Waals surface area contributed by atoms with Crippen LogP contribution < -0.4 is 10.6 Å². The zero-order valence-electron chi connectivity index (χ0n) is 14.9. The number of halogens is 2. The second-order valence-corrected chi connectivity index (χ2v) is 7.48. The van der Waals surface area contributed by atoms with Gasteiger partial charge in [0.25, 0.3) is 5.91 Å². The summed E-state index contributed by atoms with van der Waals surface area (Å²) in [5, 5.41) is 7.12. The lowest BCUT2D eigenvalue weighted by Crippen LogP contribution is -2.28. The van der Waals surface area contributed by atoms with Crippen molar-refractivity contribution in [2.75, 3.05) is 11.9 Å². The molecule has 0 unspecified atom stereocenters. The number of benzene rings is 1. The van der Waals surface area contributed by atoms with E-state index < -0.39 is 0 Å². The van der Waals surface area contributed by atoms with Gasteiger partial charge in [0.05, 0.1) is 15.6 Å². The Bertz CT molecular complexity index is 760. The van der Waals surface area contributed by atoms with E-state index in [-0.39, 0.29) is 11.8 Å². The predicted molar refractivity (Wildman–Crippen MR) is 105 cm³/mol. The summed E-state index contributed by atoms with van der Waals surface area (Å²) in [7, 11) is 0. The molecule has 0 aliphatic carbocycles. The summed E-state index contributed by atoms with van der Waals surface area (Å²) in [4.78, 5) is 16.8. The first kappa shape index (κ1) is 19.5. The van der Waals surface area contributed by atoms with Gasteiger partial charge in [0.1, 0.15) is 5.82 Å². The van der Waals surface area contributed by atoms with Crippen LogP contribution in [-0.4, -0.2) is 17.4 Å². The van der Waals surface area contributed by atoms with Gasteiger partial charge >= 0.3 is 0 Å². The molecule has 4 nitrogen and oxygen atoms in total. The van der Waals surface area contributed by atoms with Crippen molar-refractivity contribution >= 4 is 40.6 Å². The minimum absolute atomic E-state index is 0.0917. The Labute approximate surface area is 158 Å². The Balaban J connectivity index is 2.25. The van der Waals surface area contributed by atoms with Crippen LogP contribution in [0.1, 0.15) is 49.5 Å². The van der Waals surface area contributed by atoms with Crippen molar-refractivity contribution in [1.82, 2.24) is 10.3 Å². The molecule has 2 rings (SSSR count). The normalized spacial score (nSPS) is 11.0. The highest BCUT2D eigenvalue weighted by Gasteiger charge is 2.16. The summed E-state index contributed by atoms with van der Waals surface area (Å²) in [5.74, 6) is 1.15. The Morgan fingerprint density at radius 3 is 2.44 bits per heavy atom. The van der Waals surface area contributed by atoms with Gasteiger partial charge in [0.2, 0.25) is 0 Å². The Hall–Kier alpha value is -1.78. The van der Waals surface area contributed by atoms with Gasteiger partial charge in [-0.3, -0.25) is 4.79 Å². The maximum absolute atomic E-state index is 12.4. The molecule has 1 amide bonds. The number of rotatable bonds is 6. The highest BCUT2D eigenvalue weighted by molar-refractivity contribution is 6.42. The van der Waals surface area contributed by atoms with Crippen LogP contribution in [0.25, 0.3) is 0 Å². The third kappa shape index (κ3) is 5.35.